The number of hydrogen-bond acceptors (Lipinski definition) is 4. The summed E-state index contributed by atoms with van der Waals surface area (Å²) in [5, 5.41) is 6.09. The molecule has 114 valence electrons. The first-order valence-electron chi connectivity index (χ1n) is 7.21. The van der Waals surface area contributed by atoms with Gasteiger partial charge in [0.05, 0.1) is 0 Å². The molecule has 3 rings (SSSR count). The highest BCUT2D eigenvalue weighted by Crippen LogP contribution is 2.34. The molecule has 0 fully saturated rings. The van der Waals surface area contributed by atoms with E-state index in [2.05, 4.69) is 16.7 Å². The Balaban J connectivity index is 1.48. The Labute approximate surface area is 129 Å². The summed E-state index contributed by atoms with van der Waals surface area (Å²) in [6.07, 6.45) is 0.391. The average molecular weight is 298 g/mol. The fraction of sp³-hybridized carbons (Fsp3) is 0.235. The monoisotopic (exact) mass is 298 g/mol. The van der Waals surface area contributed by atoms with Gasteiger partial charge in [0.15, 0.2) is 11.5 Å². The van der Waals surface area contributed by atoms with Gasteiger partial charge in [0.1, 0.15) is 0 Å². The smallest absolute Gasteiger partial charge is 0.231 e. The minimum Gasteiger partial charge on any atom is -0.454 e. The zero-order valence-electron chi connectivity index (χ0n) is 12.4. The maximum absolute atomic E-state index is 11.9. The largest absolute Gasteiger partial charge is 0.454 e. The van der Waals surface area contributed by atoms with Crippen molar-refractivity contribution in [1.29, 1.82) is 0 Å². The maximum Gasteiger partial charge on any atom is 0.231 e. The van der Waals surface area contributed by atoms with E-state index in [1.165, 1.54) is 5.56 Å². The van der Waals surface area contributed by atoms with Crippen LogP contribution >= 0.6 is 0 Å². The van der Waals surface area contributed by atoms with Crippen molar-refractivity contribution in [2.45, 2.75) is 13.3 Å². The molecule has 1 heterocycles. The van der Waals surface area contributed by atoms with E-state index in [0.29, 0.717) is 30.2 Å². The molecule has 0 saturated carbocycles. The fourth-order valence-corrected chi connectivity index (χ4v) is 2.27. The van der Waals surface area contributed by atoms with Crippen molar-refractivity contribution in [3.63, 3.8) is 0 Å². The van der Waals surface area contributed by atoms with Gasteiger partial charge in [0, 0.05) is 30.4 Å². The van der Waals surface area contributed by atoms with E-state index in [0.717, 1.165) is 5.69 Å². The lowest BCUT2D eigenvalue weighted by Crippen LogP contribution is -2.16. The second-order valence-electron chi connectivity index (χ2n) is 5.16. The van der Waals surface area contributed by atoms with Crippen LogP contribution in [0.15, 0.2) is 42.5 Å². The van der Waals surface area contributed by atoms with E-state index in [9.17, 15) is 4.79 Å². The minimum absolute atomic E-state index is 0.0426. The molecular weight excluding hydrogens is 280 g/mol. The van der Waals surface area contributed by atoms with Crippen LogP contribution in [0.3, 0.4) is 0 Å². The van der Waals surface area contributed by atoms with Gasteiger partial charge in [-0.1, -0.05) is 12.1 Å². The molecule has 1 aliphatic rings. The Morgan fingerprint density at radius 1 is 1.09 bits per heavy atom. The van der Waals surface area contributed by atoms with Crippen LogP contribution < -0.4 is 20.1 Å². The number of hydrogen-bond donors (Lipinski definition) is 2. The molecule has 2 aromatic rings. The van der Waals surface area contributed by atoms with Gasteiger partial charge in [0.25, 0.3) is 0 Å². The molecule has 0 aliphatic carbocycles. The van der Waals surface area contributed by atoms with E-state index in [4.69, 9.17) is 9.47 Å². The summed E-state index contributed by atoms with van der Waals surface area (Å²) >= 11 is 0. The summed E-state index contributed by atoms with van der Waals surface area (Å²) in [5.74, 6) is 1.33. The van der Waals surface area contributed by atoms with Crippen LogP contribution in [-0.4, -0.2) is 19.2 Å². The number of anilines is 2. The molecule has 0 unspecified atom stereocenters. The first-order chi connectivity index (χ1) is 10.7. The summed E-state index contributed by atoms with van der Waals surface area (Å²) in [6, 6.07) is 13.4. The van der Waals surface area contributed by atoms with Crippen LogP contribution in [0.25, 0.3) is 0 Å². The second kappa shape index (κ2) is 6.39. The van der Waals surface area contributed by atoms with Gasteiger partial charge in [-0.05, 0) is 36.8 Å². The van der Waals surface area contributed by atoms with Gasteiger partial charge in [-0.2, -0.15) is 0 Å². The van der Waals surface area contributed by atoms with Gasteiger partial charge >= 0.3 is 0 Å². The van der Waals surface area contributed by atoms with Gasteiger partial charge in [-0.15, -0.1) is 0 Å². The molecule has 5 nitrogen and oxygen atoms in total. The van der Waals surface area contributed by atoms with Crippen LogP contribution in [-0.2, 0) is 4.79 Å². The molecule has 1 aliphatic heterocycles. The van der Waals surface area contributed by atoms with E-state index < -0.39 is 0 Å². The predicted molar refractivity (Wildman–Crippen MR) is 85.5 cm³/mol. The third-order valence-electron chi connectivity index (χ3n) is 3.36. The molecule has 0 saturated heterocycles. The molecule has 2 N–H and O–H groups in total. The van der Waals surface area contributed by atoms with Crippen LogP contribution in [0.2, 0.25) is 0 Å². The standard InChI is InChI=1S/C17H18N2O3/c1-12-3-2-4-13(9-12)18-8-7-17(20)19-14-5-6-15-16(10-14)22-11-21-15/h2-6,9-10,18H,7-8,11H2,1H3,(H,19,20). The molecule has 5 heteroatoms. The Kier molecular flexibility index (Phi) is 4.14. The number of fused-ring (bicyclic) bond motifs is 1. The summed E-state index contributed by atoms with van der Waals surface area (Å²) in [4.78, 5) is 11.9. The topological polar surface area (TPSA) is 59.6 Å². The first kappa shape index (κ1) is 14.3. The second-order valence-corrected chi connectivity index (χ2v) is 5.16. The van der Waals surface area contributed by atoms with Crippen molar-refractivity contribution < 1.29 is 14.3 Å². The predicted octanol–water partition coefficient (Wildman–Crippen LogP) is 3.16. The number of aryl methyl sites for hydroxylation is 1. The third kappa shape index (κ3) is 3.49. The number of benzene rings is 2. The highest BCUT2D eigenvalue weighted by atomic mass is 16.7. The number of rotatable bonds is 5. The normalized spacial score (nSPS) is 12.0. The number of carbonyl (C=O) groups excluding carboxylic acids is 1. The van der Waals surface area contributed by atoms with Crippen molar-refractivity contribution in [1.82, 2.24) is 0 Å². The van der Waals surface area contributed by atoms with Crippen molar-refractivity contribution in [2.24, 2.45) is 0 Å². The van der Waals surface area contributed by atoms with Gasteiger partial charge in [0.2, 0.25) is 12.7 Å². The first-order valence-corrected chi connectivity index (χ1v) is 7.21. The quantitative estimate of drug-likeness (QED) is 0.890. The lowest BCUT2D eigenvalue weighted by atomic mass is 10.2. The molecule has 0 atom stereocenters. The number of carbonyl (C=O) groups is 1. The molecule has 0 aromatic heterocycles. The molecule has 0 radical (unpaired) electrons. The Bertz CT molecular complexity index is 685. The van der Waals surface area contributed by atoms with E-state index in [-0.39, 0.29) is 12.7 Å². The number of nitrogens with one attached hydrogen (secondary N) is 2. The lowest BCUT2D eigenvalue weighted by molar-refractivity contribution is -0.115. The molecule has 1 amide bonds. The zero-order valence-corrected chi connectivity index (χ0v) is 12.4. The Morgan fingerprint density at radius 3 is 2.82 bits per heavy atom. The van der Waals surface area contributed by atoms with Crippen molar-refractivity contribution in [3.8, 4) is 11.5 Å². The Morgan fingerprint density at radius 2 is 1.95 bits per heavy atom. The van der Waals surface area contributed by atoms with Gasteiger partial charge < -0.3 is 20.1 Å². The van der Waals surface area contributed by atoms with Gasteiger partial charge in [-0.3, -0.25) is 4.79 Å². The summed E-state index contributed by atoms with van der Waals surface area (Å²) in [5.41, 5.74) is 2.93. The zero-order chi connectivity index (χ0) is 15.4. The number of ether oxygens (including phenoxy) is 2. The average Bonchev–Trinajstić information content (AvgIpc) is 2.95. The van der Waals surface area contributed by atoms with Crippen molar-refractivity contribution in [3.05, 3.63) is 48.0 Å². The van der Waals surface area contributed by atoms with Gasteiger partial charge in [-0.25, -0.2) is 0 Å². The highest BCUT2D eigenvalue weighted by molar-refractivity contribution is 5.91. The van der Waals surface area contributed by atoms with Crippen molar-refractivity contribution >= 4 is 17.3 Å². The molecule has 2 aromatic carbocycles. The minimum atomic E-state index is -0.0426. The van der Waals surface area contributed by atoms with Crippen LogP contribution in [0.1, 0.15) is 12.0 Å². The molecular formula is C17H18N2O3. The van der Waals surface area contributed by atoms with E-state index in [1.807, 2.05) is 25.1 Å². The fourth-order valence-electron chi connectivity index (χ4n) is 2.27. The van der Waals surface area contributed by atoms with E-state index in [1.54, 1.807) is 18.2 Å². The lowest BCUT2D eigenvalue weighted by Gasteiger charge is -2.08. The summed E-state index contributed by atoms with van der Waals surface area (Å²) in [6.45, 7) is 2.85. The molecule has 0 bridgehead atoms. The van der Waals surface area contributed by atoms with E-state index >= 15 is 0 Å². The highest BCUT2D eigenvalue weighted by Gasteiger charge is 2.13. The summed E-state index contributed by atoms with van der Waals surface area (Å²) < 4.78 is 10.5. The molecule has 0 spiro atoms. The van der Waals surface area contributed by atoms with Crippen molar-refractivity contribution in [2.75, 3.05) is 24.0 Å². The SMILES string of the molecule is Cc1cccc(NCCC(=O)Nc2ccc3c(c2)OCO3)c1. The summed E-state index contributed by atoms with van der Waals surface area (Å²) in [7, 11) is 0. The maximum atomic E-state index is 11.9. The Hall–Kier alpha value is -2.69. The van der Waals surface area contributed by atoms with Crippen LogP contribution in [0, 0.1) is 6.92 Å². The van der Waals surface area contributed by atoms with Crippen LogP contribution in [0.5, 0.6) is 11.5 Å². The molecule has 22 heavy (non-hydrogen) atoms. The third-order valence-corrected chi connectivity index (χ3v) is 3.36. The van der Waals surface area contributed by atoms with Crippen LogP contribution in [0.4, 0.5) is 11.4 Å². The number of amides is 1.